The molecular formula is C23H29N5. The Morgan fingerprint density at radius 2 is 1.54 bits per heavy atom. The Morgan fingerprint density at radius 1 is 0.857 bits per heavy atom. The number of aromatic nitrogens is 2. The lowest BCUT2D eigenvalue weighted by Gasteiger charge is -2.23. The van der Waals surface area contributed by atoms with Crippen molar-refractivity contribution in [1.29, 1.82) is 0 Å². The summed E-state index contributed by atoms with van der Waals surface area (Å²) in [5.74, 6) is 1.35. The minimum atomic E-state index is 0.0304. The van der Waals surface area contributed by atoms with Crippen LogP contribution in [0.4, 0.5) is 28.8 Å². The first-order chi connectivity index (χ1) is 13.2. The van der Waals surface area contributed by atoms with Crippen LogP contribution in [-0.2, 0) is 5.41 Å². The molecule has 0 aliphatic carbocycles. The first kappa shape index (κ1) is 19.7. The third kappa shape index (κ3) is 4.80. The van der Waals surface area contributed by atoms with E-state index in [-0.39, 0.29) is 5.41 Å². The summed E-state index contributed by atoms with van der Waals surface area (Å²) in [7, 11) is 4.06. The third-order valence-electron chi connectivity index (χ3n) is 4.49. The van der Waals surface area contributed by atoms with Crippen molar-refractivity contribution < 1.29 is 0 Å². The molecule has 1 aromatic heterocycles. The predicted octanol–water partition coefficient (Wildman–Crippen LogP) is 5.64. The largest absolute Gasteiger partial charge is 0.378 e. The van der Waals surface area contributed by atoms with Gasteiger partial charge in [-0.25, -0.2) is 4.98 Å². The SMILES string of the molecule is Cc1cc(Nc2ccc(N(C)C)cc2)nc(Nc2ccccc2C(C)(C)C)n1. The van der Waals surface area contributed by atoms with E-state index in [9.17, 15) is 0 Å². The van der Waals surface area contributed by atoms with Crippen LogP contribution < -0.4 is 15.5 Å². The fraction of sp³-hybridized carbons (Fsp3) is 0.304. The molecule has 0 atom stereocenters. The van der Waals surface area contributed by atoms with Gasteiger partial charge in [0.15, 0.2) is 0 Å². The van der Waals surface area contributed by atoms with E-state index in [1.165, 1.54) is 5.56 Å². The van der Waals surface area contributed by atoms with E-state index in [1.54, 1.807) is 0 Å². The minimum absolute atomic E-state index is 0.0304. The minimum Gasteiger partial charge on any atom is -0.378 e. The van der Waals surface area contributed by atoms with Crippen molar-refractivity contribution in [3.63, 3.8) is 0 Å². The molecule has 5 heteroatoms. The predicted molar refractivity (Wildman–Crippen MR) is 119 cm³/mol. The van der Waals surface area contributed by atoms with Crippen LogP contribution in [0.3, 0.4) is 0 Å². The van der Waals surface area contributed by atoms with Crippen molar-refractivity contribution in [3.05, 3.63) is 65.9 Å². The van der Waals surface area contributed by atoms with Crippen molar-refractivity contribution in [2.45, 2.75) is 33.1 Å². The first-order valence-corrected chi connectivity index (χ1v) is 9.49. The maximum Gasteiger partial charge on any atom is 0.229 e. The highest BCUT2D eigenvalue weighted by Crippen LogP contribution is 2.31. The number of rotatable bonds is 5. The second-order valence-electron chi connectivity index (χ2n) is 8.21. The van der Waals surface area contributed by atoms with Gasteiger partial charge >= 0.3 is 0 Å². The highest BCUT2D eigenvalue weighted by molar-refractivity contribution is 5.64. The molecule has 0 spiro atoms. The molecular weight excluding hydrogens is 346 g/mol. The fourth-order valence-corrected chi connectivity index (χ4v) is 3.05. The normalized spacial score (nSPS) is 11.2. The van der Waals surface area contributed by atoms with Crippen molar-refractivity contribution in [1.82, 2.24) is 9.97 Å². The van der Waals surface area contributed by atoms with Crippen LogP contribution in [0.5, 0.6) is 0 Å². The average Bonchev–Trinajstić information content (AvgIpc) is 2.61. The number of nitrogens with zero attached hydrogens (tertiary/aromatic N) is 3. The molecule has 0 aliphatic heterocycles. The van der Waals surface area contributed by atoms with E-state index in [1.807, 2.05) is 33.2 Å². The zero-order valence-corrected chi connectivity index (χ0v) is 17.5. The van der Waals surface area contributed by atoms with Crippen LogP contribution in [-0.4, -0.2) is 24.1 Å². The monoisotopic (exact) mass is 375 g/mol. The zero-order chi connectivity index (χ0) is 20.3. The summed E-state index contributed by atoms with van der Waals surface area (Å²) in [4.78, 5) is 11.3. The fourth-order valence-electron chi connectivity index (χ4n) is 3.05. The van der Waals surface area contributed by atoms with Gasteiger partial charge in [0.1, 0.15) is 5.82 Å². The Kier molecular flexibility index (Phi) is 5.54. The summed E-state index contributed by atoms with van der Waals surface area (Å²) in [6, 6.07) is 18.5. The van der Waals surface area contributed by atoms with Gasteiger partial charge in [-0.2, -0.15) is 4.98 Å². The number of hydrogen-bond donors (Lipinski definition) is 2. The number of hydrogen-bond acceptors (Lipinski definition) is 5. The molecule has 0 radical (unpaired) electrons. The lowest BCUT2D eigenvalue weighted by molar-refractivity contribution is 0.592. The van der Waals surface area contributed by atoms with Gasteiger partial charge in [-0.1, -0.05) is 39.0 Å². The van der Waals surface area contributed by atoms with Gasteiger partial charge in [0.05, 0.1) is 0 Å². The summed E-state index contributed by atoms with van der Waals surface area (Å²) in [6.45, 7) is 8.59. The van der Waals surface area contributed by atoms with Crippen LogP contribution in [0.1, 0.15) is 32.0 Å². The molecule has 0 unspecified atom stereocenters. The molecule has 2 N–H and O–H groups in total. The number of benzene rings is 2. The molecule has 5 nitrogen and oxygen atoms in total. The smallest absolute Gasteiger partial charge is 0.229 e. The van der Waals surface area contributed by atoms with E-state index < -0.39 is 0 Å². The number of nitrogens with one attached hydrogen (secondary N) is 2. The number of para-hydroxylation sites is 1. The van der Waals surface area contributed by atoms with E-state index in [2.05, 4.69) is 88.7 Å². The van der Waals surface area contributed by atoms with E-state index in [4.69, 9.17) is 0 Å². The summed E-state index contributed by atoms with van der Waals surface area (Å²) in [6.07, 6.45) is 0. The Hall–Kier alpha value is -3.08. The summed E-state index contributed by atoms with van der Waals surface area (Å²) in [5.41, 5.74) is 5.34. The molecule has 146 valence electrons. The van der Waals surface area contributed by atoms with Crippen LogP contribution in [0.15, 0.2) is 54.6 Å². The van der Waals surface area contributed by atoms with Gasteiger partial charge in [-0.3, -0.25) is 0 Å². The van der Waals surface area contributed by atoms with Crippen LogP contribution in [0.25, 0.3) is 0 Å². The van der Waals surface area contributed by atoms with Crippen molar-refractivity contribution in [3.8, 4) is 0 Å². The molecule has 0 saturated heterocycles. The van der Waals surface area contributed by atoms with Gasteiger partial charge in [0.25, 0.3) is 0 Å². The zero-order valence-electron chi connectivity index (χ0n) is 17.5. The van der Waals surface area contributed by atoms with Crippen molar-refractivity contribution in [2.24, 2.45) is 0 Å². The molecule has 2 aromatic carbocycles. The Bertz CT molecular complexity index is 940. The number of aryl methyl sites for hydroxylation is 1. The van der Waals surface area contributed by atoms with Crippen molar-refractivity contribution >= 4 is 28.8 Å². The second kappa shape index (κ2) is 7.89. The molecule has 28 heavy (non-hydrogen) atoms. The van der Waals surface area contributed by atoms with Crippen LogP contribution in [0.2, 0.25) is 0 Å². The standard InChI is InChI=1S/C23H29N5/c1-16-15-21(25-17-11-13-18(14-12-17)28(5)6)27-22(24-16)26-20-10-8-7-9-19(20)23(2,3)4/h7-15H,1-6H3,(H2,24,25,26,27). The molecule has 1 heterocycles. The Balaban J connectivity index is 1.84. The Morgan fingerprint density at radius 3 is 2.18 bits per heavy atom. The topological polar surface area (TPSA) is 53.1 Å². The second-order valence-corrected chi connectivity index (χ2v) is 8.21. The van der Waals surface area contributed by atoms with Gasteiger partial charge < -0.3 is 15.5 Å². The van der Waals surface area contributed by atoms with E-state index in [0.717, 1.165) is 28.6 Å². The molecule has 0 fully saturated rings. The third-order valence-corrected chi connectivity index (χ3v) is 4.49. The van der Waals surface area contributed by atoms with Crippen LogP contribution in [0, 0.1) is 6.92 Å². The molecule has 3 aromatic rings. The summed E-state index contributed by atoms with van der Waals surface area (Å²) >= 11 is 0. The molecule has 3 rings (SSSR count). The number of anilines is 5. The first-order valence-electron chi connectivity index (χ1n) is 9.49. The quantitative estimate of drug-likeness (QED) is 0.605. The lowest BCUT2D eigenvalue weighted by atomic mass is 9.86. The van der Waals surface area contributed by atoms with Gasteiger partial charge in [-0.15, -0.1) is 0 Å². The summed E-state index contributed by atoms with van der Waals surface area (Å²) in [5, 5.41) is 6.77. The van der Waals surface area contributed by atoms with Gasteiger partial charge in [0.2, 0.25) is 5.95 Å². The maximum atomic E-state index is 4.66. The van der Waals surface area contributed by atoms with E-state index in [0.29, 0.717) is 5.95 Å². The molecule has 0 aliphatic rings. The maximum absolute atomic E-state index is 4.66. The van der Waals surface area contributed by atoms with Gasteiger partial charge in [-0.05, 0) is 48.2 Å². The van der Waals surface area contributed by atoms with E-state index >= 15 is 0 Å². The molecule has 0 saturated carbocycles. The Labute approximate surface area is 167 Å². The van der Waals surface area contributed by atoms with Crippen molar-refractivity contribution in [2.75, 3.05) is 29.6 Å². The highest BCUT2D eigenvalue weighted by atomic mass is 15.1. The highest BCUT2D eigenvalue weighted by Gasteiger charge is 2.18. The van der Waals surface area contributed by atoms with Gasteiger partial charge in [0, 0.05) is 42.9 Å². The summed E-state index contributed by atoms with van der Waals surface area (Å²) < 4.78 is 0. The lowest BCUT2D eigenvalue weighted by Crippen LogP contribution is -2.14. The van der Waals surface area contributed by atoms with Crippen LogP contribution >= 0.6 is 0 Å². The average molecular weight is 376 g/mol. The molecule has 0 bridgehead atoms. The molecule has 0 amide bonds.